The topological polar surface area (TPSA) is 51.3 Å². The van der Waals surface area contributed by atoms with Crippen LogP contribution in [0.5, 0.6) is 5.75 Å². The predicted molar refractivity (Wildman–Crippen MR) is 69.6 cm³/mol. The molecule has 2 heterocycles. The Kier molecular flexibility index (Phi) is 3.55. The highest BCUT2D eigenvalue weighted by molar-refractivity contribution is 5.86. The summed E-state index contributed by atoms with van der Waals surface area (Å²) in [6.07, 6.45) is -7.28. The lowest BCUT2D eigenvalue weighted by Crippen LogP contribution is -2.42. The summed E-state index contributed by atoms with van der Waals surface area (Å²) in [5, 5.41) is 0.524. The van der Waals surface area contributed by atoms with E-state index in [1.165, 1.54) is 0 Å². The van der Waals surface area contributed by atoms with E-state index < -0.39 is 30.6 Å². The molecule has 0 fully saturated rings. The van der Waals surface area contributed by atoms with E-state index >= 15 is 0 Å². The minimum Gasteiger partial charge on any atom is -0.463 e. The van der Waals surface area contributed by atoms with Crippen LogP contribution in [0.4, 0.5) is 22.0 Å². The molecule has 0 bridgehead atoms. The third-order valence-corrected chi connectivity index (χ3v) is 3.45. The first-order valence-corrected chi connectivity index (χ1v) is 6.56. The number of hydrogen-bond acceptors (Lipinski definition) is 3. The fraction of sp³-hybridized carbons (Fsp3) is 0.357. The molecule has 1 aromatic heterocycles. The van der Waals surface area contributed by atoms with Gasteiger partial charge in [0.1, 0.15) is 12.4 Å². The number of aromatic nitrogens is 1. The van der Waals surface area contributed by atoms with Crippen molar-refractivity contribution in [2.24, 2.45) is 0 Å². The quantitative estimate of drug-likeness (QED) is 0.878. The van der Waals surface area contributed by atoms with Crippen LogP contribution >= 0.6 is 0 Å². The molecule has 0 saturated heterocycles. The average molecular weight is 335 g/mol. The standard InChI is InChI=1S/C14H10F5NO3/c15-13(16,14(17,18)19)6-22-10-5-8-11(23-10)7-3-1-2-4-9(7)20-12(8)21/h1-4,10H,5-6H2,(H,20,21). The summed E-state index contributed by atoms with van der Waals surface area (Å²) in [5.41, 5.74) is 0.133. The van der Waals surface area contributed by atoms with E-state index in [0.29, 0.717) is 10.9 Å². The van der Waals surface area contributed by atoms with Crippen LogP contribution in [0.1, 0.15) is 5.56 Å². The minimum absolute atomic E-state index is 0.143. The van der Waals surface area contributed by atoms with Gasteiger partial charge in [-0.15, -0.1) is 0 Å². The van der Waals surface area contributed by atoms with Gasteiger partial charge in [0.05, 0.1) is 11.1 Å². The molecule has 1 aromatic carbocycles. The second-order valence-corrected chi connectivity index (χ2v) is 5.07. The molecule has 0 spiro atoms. The molecule has 23 heavy (non-hydrogen) atoms. The zero-order valence-electron chi connectivity index (χ0n) is 11.4. The van der Waals surface area contributed by atoms with Crippen molar-refractivity contribution in [3.63, 3.8) is 0 Å². The van der Waals surface area contributed by atoms with Gasteiger partial charge in [-0.1, -0.05) is 12.1 Å². The first kappa shape index (κ1) is 15.7. The van der Waals surface area contributed by atoms with Gasteiger partial charge >= 0.3 is 12.1 Å². The molecule has 1 N–H and O–H groups in total. The third-order valence-electron chi connectivity index (χ3n) is 3.45. The lowest BCUT2D eigenvalue weighted by Gasteiger charge is -2.21. The van der Waals surface area contributed by atoms with E-state index in [1.54, 1.807) is 24.3 Å². The van der Waals surface area contributed by atoms with Gasteiger partial charge in [0.2, 0.25) is 6.29 Å². The summed E-state index contributed by atoms with van der Waals surface area (Å²) >= 11 is 0. The first-order valence-electron chi connectivity index (χ1n) is 6.56. The van der Waals surface area contributed by atoms with E-state index in [2.05, 4.69) is 9.72 Å². The van der Waals surface area contributed by atoms with E-state index in [4.69, 9.17) is 4.74 Å². The summed E-state index contributed by atoms with van der Waals surface area (Å²) < 4.78 is 71.9. The van der Waals surface area contributed by atoms with Crippen LogP contribution in [0.3, 0.4) is 0 Å². The molecular formula is C14H10F5NO3. The van der Waals surface area contributed by atoms with E-state index in [1.807, 2.05) is 0 Å². The van der Waals surface area contributed by atoms with Crippen molar-refractivity contribution in [3.8, 4) is 5.75 Å². The number of fused-ring (bicyclic) bond motifs is 3. The molecule has 4 nitrogen and oxygen atoms in total. The molecule has 124 valence electrons. The van der Waals surface area contributed by atoms with Gasteiger partial charge < -0.3 is 14.5 Å². The number of alkyl halides is 5. The Bertz CT molecular complexity index is 799. The van der Waals surface area contributed by atoms with Crippen molar-refractivity contribution in [3.05, 3.63) is 40.2 Å². The first-order chi connectivity index (χ1) is 10.7. The van der Waals surface area contributed by atoms with Crippen LogP contribution < -0.4 is 10.3 Å². The Morgan fingerprint density at radius 1 is 1.22 bits per heavy atom. The van der Waals surface area contributed by atoms with Crippen LogP contribution in [-0.2, 0) is 11.2 Å². The highest BCUT2D eigenvalue weighted by atomic mass is 19.4. The number of hydrogen-bond donors (Lipinski definition) is 1. The van der Waals surface area contributed by atoms with Crippen LogP contribution in [0.25, 0.3) is 10.9 Å². The van der Waals surface area contributed by atoms with Gasteiger partial charge in [0.15, 0.2) is 0 Å². The van der Waals surface area contributed by atoms with Crippen molar-refractivity contribution in [1.82, 2.24) is 4.98 Å². The number of H-pyrrole nitrogens is 1. The molecule has 0 saturated carbocycles. The van der Waals surface area contributed by atoms with Gasteiger partial charge in [0.25, 0.3) is 5.56 Å². The number of pyridine rings is 1. The predicted octanol–water partition coefficient (Wildman–Crippen LogP) is 3.00. The van der Waals surface area contributed by atoms with Gasteiger partial charge in [-0.2, -0.15) is 22.0 Å². The Balaban J connectivity index is 1.81. The molecule has 3 rings (SSSR count). The summed E-state index contributed by atoms with van der Waals surface area (Å²) in [6, 6.07) is 6.61. The van der Waals surface area contributed by atoms with Gasteiger partial charge in [-0.25, -0.2) is 0 Å². The molecular weight excluding hydrogens is 325 g/mol. The van der Waals surface area contributed by atoms with E-state index in [-0.39, 0.29) is 17.7 Å². The second kappa shape index (κ2) is 5.19. The molecule has 1 atom stereocenters. The van der Waals surface area contributed by atoms with E-state index in [0.717, 1.165) is 0 Å². The second-order valence-electron chi connectivity index (χ2n) is 5.07. The number of halogens is 5. The zero-order chi connectivity index (χ0) is 16.8. The Hall–Kier alpha value is -2.16. The molecule has 1 unspecified atom stereocenters. The molecule has 2 aromatic rings. The van der Waals surface area contributed by atoms with Crippen LogP contribution in [-0.4, -0.2) is 30.0 Å². The number of benzene rings is 1. The Morgan fingerprint density at radius 3 is 2.61 bits per heavy atom. The summed E-state index contributed by atoms with van der Waals surface area (Å²) in [6.45, 7) is -1.87. The van der Waals surface area contributed by atoms with Crippen LogP contribution in [0.2, 0.25) is 0 Å². The van der Waals surface area contributed by atoms with Crippen LogP contribution in [0, 0.1) is 0 Å². The lowest BCUT2D eigenvalue weighted by molar-refractivity contribution is -0.305. The SMILES string of the molecule is O=c1[nH]c2ccccc2c2c1CC(OCC(F)(F)C(F)(F)F)O2. The minimum atomic E-state index is -5.71. The molecule has 0 amide bonds. The number of aromatic amines is 1. The third kappa shape index (κ3) is 2.76. The number of ether oxygens (including phenoxy) is 2. The smallest absolute Gasteiger partial charge is 0.455 e. The average Bonchev–Trinajstić information content (AvgIpc) is 2.89. The molecule has 0 aliphatic carbocycles. The number of nitrogens with one attached hydrogen (secondary N) is 1. The van der Waals surface area contributed by atoms with Crippen molar-refractivity contribution < 1.29 is 31.4 Å². The summed E-state index contributed by atoms with van der Waals surface area (Å²) in [5.74, 6) is -4.84. The highest BCUT2D eigenvalue weighted by Crippen LogP contribution is 2.37. The normalized spacial score (nSPS) is 18.0. The fourth-order valence-corrected chi connectivity index (χ4v) is 2.29. The monoisotopic (exact) mass is 335 g/mol. The van der Waals surface area contributed by atoms with Crippen molar-refractivity contribution in [2.45, 2.75) is 24.8 Å². The van der Waals surface area contributed by atoms with E-state index in [9.17, 15) is 26.7 Å². The van der Waals surface area contributed by atoms with Gasteiger partial charge in [-0.05, 0) is 12.1 Å². The zero-order valence-corrected chi connectivity index (χ0v) is 11.4. The summed E-state index contributed by atoms with van der Waals surface area (Å²) in [4.78, 5) is 14.5. The number of rotatable bonds is 3. The summed E-state index contributed by atoms with van der Waals surface area (Å²) in [7, 11) is 0. The molecule has 0 radical (unpaired) electrons. The Morgan fingerprint density at radius 2 is 1.91 bits per heavy atom. The maximum atomic E-state index is 12.9. The highest BCUT2D eigenvalue weighted by Gasteiger charge is 2.58. The van der Waals surface area contributed by atoms with Crippen molar-refractivity contribution in [1.29, 1.82) is 0 Å². The van der Waals surface area contributed by atoms with Crippen molar-refractivity contribution >= 4 is 10.9 Å². The Labute approximate surface area is 125 Å². The molecule has 1 aliphatic rings. The molecule has 1 aliphatic heterocycles. The van der Waals surface area contributed by atoms with Crippen molar-refractivity contribution in [2.75, 3.05) is 6.61 Å². The molecule has 9 heteroatoms. The maximum absolute atomic E-state index is 12.9. The lowest BCUT2D eigenvalue weighted by atomic mass is 10.1. The van der Waals surface area contributed by atoms with Crippen LogP contribution in [0.15, 0.2) is 29.1 Å². The van der Waals surface area contributed by atoms with Gasteiger partial charge in [0, 0.05) is 11.8 Å². The maximum Gasteiger partial charge on any atom is 0.455 e. The number of para-hydroxylation sites is 1. The largest absolute Gasteiger partial charge is 0.463 e. The van der Waals surface area contributed by atoms with Gasteiger partial charge in [-0.3, -0.25) is 4.79 Å². The fourth-order valence-electron chi connectivity index (χ4n) is 2.29.